The third kappa shape index (κ3) is 3.09. The molecule has 2 nitrogen and oxygen atoms in total. The molecule has 1 unspecified atom stereocenters. The van der Waals surface area contributed by atoms with Crippen molar-refractivity contribution in [2.24, 2.45) is 0 Å². The van der Waals surface area contributed by atoms with Crippen LogP contribution in [0.15, 0.2) is 29.3 Å². The van der Waals surface area contributed by atoms with Crippen molar-refractivity contribution in [1.82, 2.24) is 5.32 Å². The van der Waals surface area contributed by atoms with Crippen molar-refractivity contribution < 1.29 is 4.74 Å². The first-order valence-corrected chi connectivity index (χ1v) is 6.86. The van der Waals surface area contributed by atoms with E-state index < -0.39 is 0 Å². The molecule has 2 rings (SSSR count). The van der Waals surface area contributed by atoms with Crippen molar-refractivity contribution >= 4 is 11.3 Å². The van der Waals surface area contributed by atoms with Crippen LogP contribution in [0.25, 0.3) is 0 Å². The highest BCUT2D eigenvalue weighted by Crippen LogP contribution is 2.19. The first kappa shape index (κ1) is 11.7. The Kier molecular flexibility index (Phi) is 4.43. The van der Waals surface area contributed by atoms with E-state index in [1.54, 1.807) is 0 Å². The molecule has 0 fully saturated rings. The molecule has 16 heavy (non-hydrogen) atoms. The van der Waals surface area contributed by atoms with Crippen molar-refractivity contribution in [1.29, 1.82) is 0 Å². The molecule has 0 bridgehead atoms. The Morgan fingerprint density at radius 1 is 1.56 bits per heavy atom. The molecule has 0 saturated carbocycles. The second-order valence-electron chi connectivity index (χ2n) is 4.03. The predicted molar refractivity (Wildman–Crippen MR) is 68.8 cm³/mol. The Morgan fingerprint density at radius 3 is 3.12 bits per heavy atom. The van der Waals surface area contributed by atoms with Gasteiger partial charge in [-0.05, 0) is 30.5 Å². The lowest BCUT2D eigenvalue weighted by molar-refractivity contribution is 0.214. The van der Waals surface area contributed by atoms with Gasteiger partial charge in [-0.15, -0.1) is 11.3 Å². The van der Waals surface area contributed by atoms with Gasteiger partial charge in [0.15, 0.2) is 0 Å². The van der Waals surface area contributed by atoms with E-state index in [2.05, 4.69) is 35.8 Å². The normalized spacial score (nSPS) is 16.9. The van der Waals surface area contributed by atoms with Gasteiger partial charge in [0.2, 0.25) is 0 Å². The Morgan fingerprint density at radius 2 is 2.50 bits per heavy atom. The van der Waals surface area contributed by atoms with Gasteiger partial charge in [0.05, 0.1) is 12.6 Å². The van der Waals surface area contributed by atoms with Gasteiger partial charge in [0.1, 0.15) is 5.76 Å². The average Bonchev–Trinajstić information content (AvgIpc) is 2.96. The quantitative estimate of drug-likeness (QED) is 0.821. The maximum atomic E-state index is 5.66. The Bertz CT molecular complexity index is 332. The fourth-order valence-corrected chi connectivity index (χ4v) is 2.65. The highest BCUT2D eigenvalue weighted by Gasteiger charge is 2.18. The summed E-state index contributed by atoms with van der Waals surface area (Å²) in [5.74, 6) is 1.14. The smallest absolute Gasteiger partial charge is 0.109 e. The van der Waals surface area contributed by atoms with Crippen molar-refractivity contribution in [3.63, 3.8) is 0 Å². The van der Waals surface area contributed by atoms with Gasteiger partial charge in [0, 0.05) is 17.7 Å². The molecule has 2 heterocycles. The molecule has 0 aromatic carbocycles. The van der Waals surface area contributed by atoms with Gasteiger partial charge >= 0.3 is 0 Å². The van der Waals surface area contributed by atoms with E-state index in [0.717, 1.165) is 38.2 Å². The van der Waals surface area contributed by atoms with E-state index in [9.17, 15) is 0 Å². The van der Waals surface area contributed by atoms with Crippen molar-refractivity contribution in [3.05, 3.63) is 34.2 Å². The minimum Gasteiger partial charge on any atom is -0.496 e. The fraction of sp³-hybridized carbons (Fsp3) is 0.538. The van der Waals surface area contributed by atoms with Gasteiger partial charge < -0.3 is 10.1 Å². The van der Waals surface area contributed by atoms with Gasteiger partial charge in [-0.3, -0.25) is 0 Å². The van der Waals surface area contributed by atoms with E-state index in [1.165, 1.54) is 4.88 Å². The Hall–Kier alpha value is -0.800. The van der Waals surface area contributed by atoms with Crippen LogP contribution in [-0.4, -0.2) is 19.2 Å². The van der Waals surface area contributed by atoms with Crippen LogP contribution < -0.4 is 5.32 Å². The summed E-state index contributed by atoms with van der Waals surface area (Å²) >= 11 is 1.82. The molecule has 1 aliphatic heterocycles. The number of nitrogens with one attached hydrogen (secondary N) is 1. The molecule has 0 saturated heterocycles. The average molecular weight is 237 g/mol. The summed E-state index contributed by atoms with van der Waals surface area (Å²) in [5, 5.41) is 5.70. The van der Waals surface area contributed by atoms with Crippen LogP contribution in [0.5, 0.6) is 0 Å². The largest absolute Gasteiger partial charge is 0.496 e. The maximum absolute atomic E-state index is 5.66. The summed E-state index contributed by atoms with van der Waals surface area (Å²) in [6.45, 7) is 4.10. The van der Waals surface area contributed by atoms with Gasteiger partial charge in [0.25, 0.3) is 0 Å². The van der Waals surface area contributed by atoms with E-state index in [4.69, 9.17) is 4.74 Å². The zero-order valence-corrected chi connectivity index (χ0v) is 10.6. The molecule has 1 N–H and O–H groups in total. The summed E-state index contributed by atoms with van der Waals surface area (Å²) in [7, 11) is 0. The topological polar surface area (TPSA) is 21.3 Å². The molecule has 1 atom stereocenters. The Balaban J connectivity index is 1.96. The Labute approximate surface area is 101 Å². The van der Waals surface area contributed by atoms with Crippen LogP contribution in [-0.2, 0) is 11.2 Å². The van der Waals surface area contributed by atoms with Crippen molar-refractivity contribution in [3.8, 4) is 0 Å². The SMILES string of the molecule is CCCNC(Cc1cccs1)C1=CCCO1. The maximum Gasteiger partial charge on any atom is 0.109 e. The first-order chi connectivity index (χ1) is 7.90. The lowest BCUT2D eigenvalue weighted by Crippen LogP contribution is -2.33. The van der Waals surface area contributed by atoms with Gasteiger partial charge in [-0.25, -0.2) is 0 Å². The van der Waals surface area contributed by atoms with Gasteiger partial charge in [-0.1, -0.05) is 13.0 Å². The van der Waals surface area contributed by atoms with E-state index >= 15 is 0 Å². The third-order valence-electron chi connectivity index (χ3n) is 2.70. The highest BCUT2D eigenvalue weighted by atomic mass is 32.1. The summed E-state index contributed by atoms with van der Waals surface area (Å²) in [6.07, 6.45) is 5.49. The lowest BCUT2D eigenvalue weighted by atomic mass is 10.1. The van der Waals surface area contributed by atoms with Crippen LogP contribution >= 0.6 is 11.3 Å². The summed E-state index contributed by atoms with van der Waals surface area (Å²) in [5.41, 5.74) is 0. The number of rotatable bonds is 6. The second-order valence-corrected chi connectivity index (χ2v) is 5.07. The molecule has 0 radical (unpaired) electrons. The molecule has 1 aromatic heterocycles. The second kappa shape index (κ2) is 6.06. The zero-order valence-electron chi connectivity index (χ0n) is 9.74. The molecule has 0 spiro atoms. The van der Waals surface area contributed by atoms with E-state index in [0.29, 0.717) is 6.04 Å². The summed E-state index contributed by atoms with van der Waals surface area (Å²) in [4.78, 5) is 1.42. The van der Waals surface area contributed by atoms with Gasteiger partial charge in [-0.2, -0.15) is 0 Å². The van der Waals surface area contributed by atoms with E-state index in [1.807, 2.05) is 11.3 Å². The number of hydrogen-bond donors (Lipinski definition) is 1. The van der Waals surface area contributed by atoms with Crippen molar-refractivity contribution in [2.45, 2.75) is 32.2 Å². The molecule has 88 valence electrons. The molecular formula is C13H19NOS. The van der Waals surface area contributed by atoms with Crippen LogP contribution in [0.1, 0.15) is 24.6 Å². The number of ether oxygens (including phenoxy) is 1. The van der Waals surface area contributed by atoms with E-state index in [-0.39, 0.29) is 0 Å². The van der Waals surface area contributed by atoms with Crippen LogP contribution in [0.3, 0.4) is 0 Å². The molecule has 0 aliphatic carbocycles. The first-order valence-electron chi connectivity index (χ1n) is 5.98. The van der Waals surface area contributed by atoms with Crippen LogP contribution in [0.4, 0.5) is 0 Å². The number of thiophene rings is 1. The van der Waals surface area contributed by atoms with Crippen LogP contribution in [0.2, 0.25) is 0 Å². The summed E-state index contributed by atoms with van der Waals surface area (Å²) in [6, 6.07) is 4.67. The monoisotopic (exact) mass is 237 g/mol. The lowest BCUT2D eigenvalue weighted by Gasteiger charge is -2.18. The minimum atomic E-state index is 0.362. The predicted octanol–water partition coefficient (Wildman–Crippen LogP) is 2.96. The molecule has 0 amide bonds. The molecule has 1 aliphatic rings. The standard InChI is InChI=1S/C13H19NOS/c1-2-7-14-12(13-6-3-8-15-13)10-11-5-4-9-16-11/h4-6,9,12,14H,2-3,7-8,10H2,1H3. The molecule has 1 aromatic rings. The van der Waals surface area contributed by atoms with Crippen molar-refractivity contribution in [2.75, 3.05) is 13.2 Å². The minimum absolute atomic E-state index is 0.362. The fourth-order valence-electron chi connectivity index (χ4n) is 1.90. The zero-order chi connectivity index (χ0) is 11.2. The number of hydrogen-bond acceptors (Lipinski definition) is 3. The van der Waals surface area contributed by atoms with Crippen LogP contribution in [0, 0.1) is 0 Å². The highest BCUT2D eigenvalue weighted by molar-refractivity contribution is 7.09. The molecule has 3 heteroatoms. The summed E-state index contributed by atoms with van der Waals surface area (Å²) < 4.78 is 5.66. The molecular weight excluding hydrogens is 218 g/mol. The third-order valence-corrected chi connectivity index (χ3v) is 3.60.